The van der Waals surface area contributed by atoms with Crippen molar-refractivity contribution in [3.63, 3.8) is 0 Å². The Morgan fingerprint density at radius 3 is 2.74 bits per heavy atom. The van der Waals surface area contributed by atoms with Crippen molar-refractivity contribution >= 4 is 21.6 Å². The lowest BCUT2D eigenvalue weighted by Crippen LogP contribution is -2.26. The molecule has 0 bridgehead atoms. The molecular weight excluding hydrogens is 300 g/mol. The first-order valence-corrected chi connectivity index (χ1v) is 7.99. The Balaban J connectivity index is 2.25. The molecule has 2 nitrogen and oxygen atoms in total. The van der Waals surface area contributed by atoms with Gasteiger partial charge in [-0.2, -0.15) is 0 Å². The Morgan fingerprint density at radius 1 is 1.42 bits per heavy atom. The second-order valence-electron chi connectivity index (χ2n) is 6.48. The van der Waals surface area contributed by atoms with Crippen molar-refractivity contribution in [3.8, 4) is 0 Å². The molecule has 1 unspecified atom stereocenters. The second kappa shape index (κ2) is 5.84. The van der Waals surface area contributed by atoms with Crippen LogP contribution in [0.15, 0.2) is 22.7 Å². The third kappa shape index (κ3) is 3.73. The lowest BCUT2D eigenvalue weighted by atomic mass is 9.93. The van der Waals surface area contributed by atoms with E-state index in [1.54, 1.807) is 0 Å². The first-order valence-electron chi connectivity index (χ1n) is 7.20. The van der Waals surface area contributed by atoms with Gasteiger partial charge in [0.15, 0.2) is 0 Å². The molecule has 106 valence electrons. The van der Waals surface area contributed by atoms with E-state index in [4.69, 9.17) is 5.73 Å². The van der Waals surface area contributed by atoms with E-state index in [0.717, 1.165) is 30.4 Å². The normalized spacial score (nSPS) is 19.7. The van der Waals surface area contributed by atoms with E-state index in [1.807, 2.05) is 0 Å². The summed E-state index contributed by atoms with van der Waals surface area (Å²) in [5, 5.41) is 0. The molecule has 0 radical (unpaired) electrons. The minimum absolute atomic E-state index is 0.260. The Morgan fingerprint density at radius 2 is 2.16 bits per heavy atom. The lowest BCUT2D eigenvalue weighted by Gasteiger charge is -2.25. The van der Waals surface area contributed by atoms with Crippen LogP contribution in [0.25, 0.3) is 0 Å². The molecule has 1 aromatic rings. The Bertz CT molecular complexity index is 442. The SMILES string of the molecule is CCC(N)Cc1ccc(Br)cc1N1CCC(C)(C)C1. The average Bonchev–Trinajstić information content (AvgIpc) is 2.71. The van der Waals surface area contributed by atoms with Gasteiger partial charge in [-0.1, -0.05) is 42.8 Å². The fraction of sp³-hybridized carbons (Fsp3) is 0.625. The third-order valence-corrected chi connectivity index (χ3v) is 4.57. The van der Waals surface area contributed by atoms with Crippen molar-refractivity contribution < 1.29 is 0 Å². The summed E-state index contributed by atoms with van der Waals surface area (Å²) in [4.78, 5) is 2.52. The summed E-state index contributed by atoms with van der Waals surface area (Å²) in [6.45, 7) is 9.14. The largest absolute Gasteiger partial charge is 0.371 e. The van der Waals surface area contributed by atoms with Crippen molar-refractivity contribution in [3.05, 3.63) is 28.2 Å². The first-order chi connectivity index (χ1) is 8.91. The van der Waals surface area contributed by atoms with E-state index in [1.165, 1.54) is 17.7 Å². The maximum atomic E-state index is 6.13. The van der Waals surface area contributed by atoms with Crippen LogP contribution in [-0.2, 0) is 6.42 Å². The van der Waals surface area contributed by atoms with Gasteiger partial charge in [-0.3, -0.25) is 0 Å². The molecule has 1 aromatic carbocycles. The highest BCUT2D eigenvalue weighted by atomic mass is 79.9. The number of rotatable bonds is 4. The minimum atomic E-state index is 0.260. The number of hydrogen-bond donors (Lipinski definition) is 1. The zero-order valence-corrected chi connectivity index (χ0v) is 13.8. The summed E-state index contributed by atoms with van der Waals surface area (Å²) in [7, 11) is 0. The zero-order chi connectivity index (χ0) is 14.0. The van der Waals surface area contributed by atoms with Crippen LogP contribution in [-0.4, -0.2) is 19.1 Å². The average molecular weight is 325 g/mol. The van der Waals surface area contributed by atoms with Gasteiger partial charge in [0.1, 0.15) is 0 Å². The number of hydrogen-bond acceptors (Lipinski definition) is 2. The maximum absolute atomic E-state index is 6.13. The van der Waals surface area contributed by atoms with E-state index in [-0.39, 0.29) is 6.04 Å². The molecule has 0 spiro atoms. The molecule has 0 aliphatic carbocycles. The van der Waals surface area contributed by atoms with Crippen LogP contribution in [0.5, 0.6) is 0 Å². The van der Waals surface area contributed by atoms with Crippen molar-refractivity contribution in [1.29, 1.82) is 0 Å². The molecule has 2 N–H and O–H groups in total. The zero-order valence-electron chi connectivity index (χ0n) is 12.2. The molecule has 1 aliphatic heterocycles. The Hall–Kier alpha value is -0.540. The Kier molecular flexibility index (Phi) is 4.57. The number of anilines is 1. The van der Waals surface area contributed by atoms with Gasteiger partial charge >= 0.3 is 0 Å². The van der Waals surface area contributed by atoms with Crippen molar-refractivity contribution in [2.24, 2.45) is 11.1 Å². The molecule has 0 aromatic heterocycles. The standard InChI is InChI=1S/C16H25BrN2/c1-4-14(18)9-12-5-6-13(17)10-15(12)19-8-7-16(2,3)11-19/h5-6,10,14H,4,7-9,11,18H2,1-3H3. The molecule has 1 fully saturated rings. The van der Waals surface area contributed by atoms with Crippen LogP contribution >= 0.6 is 15.9 Å². The van der Waals surface area contributed by atoms with Gasteiger partial charge in [-0.25, -0.2) is 0 Å². The number of benzene rings is 1. The van der Waals surface area contributed by atoms with Crippen molar-refractivity contribution in [2.75, 3.05) is 18.0 Å². The van der Waals surface area contributed by atoms with Crippen LogP contribution in [0.4, 0.5) is 5.69 Å². The molecule has 2 rings (SSSR count). The molecule has 1 atom stereocenters. The van der Waals surface area contributed by atoms with Crippen LogP contribution < -0.4 is 10.6 Å². The number of nitrogens with zero attached hydrogens (tertiary/aromatic N) is 1. The molecule has 1 saturated heterocycles. The summed E-state index contributed by atoms with van der Waals surface area (Å²) in [5.74, 6) is 0. The molecule has 1 aliphatic rings. The van der Waals surface area contributed by atoms with E-state index < -0.39 is 0 Å². The lowest BCUT2D eigenvalue weighted by molar-refractivity contribution is 0.418. The molecule has 1 heterocycles. The molecular formula is C16H25BrN2. The highest BCUT2D eigenvalue weighted by molar-refractivity contribution is 9.10. The fourth-order valence-corrected chi connectivity index (χ4v) is 3.10. The summed E-state index contributed by atoms with van der Waals surface area (Å²) in [6, 6.07) is 6.86. The molecule has 0 amide bonds. The van der Waals surface area contributed by atoms with Gasteiger partial charge in [0.2, 0.25) is 0 Å². The van der Waals surface area contributed by atoms with Gasteiger partial charge in [0, 0.05) is 29.3 Å². The van der Waals surface area contributed by atoms with Gasteiger partial charge in [0.05, 0.1) is 0 Å². The molecule has 0 saturated carbocycles. The maximum Gasteiger partial charge on any atom is 0.0410 e. The van der Waals surface area contributed by atoms with Crippen LogP contribution in [0.1, 0.15) is 39.2 Å². The number of nitrogens with two attached hydrogens (primary N) is 1. The number of halogens is 1. The molecule has 3 heteroatoms. The Labute approximate surface area is 125 Å². The van der Waals surface area contributed by atoms with E-state index in [9.17, 15) is 0 Å². The topological polar surface area (TPSA) is 29.3 Å². The van der Waals surface area contributed by atoms with Crippen molar-refractivity contribution in [2.45, 2.75) is 46.1 Å². The van der Waals surface area contributed by atoms with Crippen LogP contribution in [0, 0.1) is 5.41 Å². The smallest absolute Gasteiger partial charge is 0.0410 e. The second-order valence-corrected chi connectivity index (χ2v) is 7.40. The fourth-order valence-electron chi connectivity index (χ4n) is 2.75. The van der Waals surface area contributed by atoms with Crippen molar-refractivity contribution in [1.82, 2.24) is 0 Å². The van der Waals surface area contributed by atoms with Gasteiger partial charge in [-0.15, -0.1) is 0 Å². The van der Waals surface area contributed by atoms with E-state index in [2.05, 4.69) is 59.8 Å². The highest BCUT2D eigenvalue weighted by Crippen LogP contribution is 2.35. The van der Waals surface area contributed by atoms with E-state index in [0.29, 0.717) is 5.41 Å². The summed E-state index contributed by atoms with van der Waals surface area (Å²) in [6.07, 6.45) is 3.26. The summed E-state index contributed by atoms with van der Waals surface area (Å²) in [5.41, 5.74) is 9.31. The summed E-state index contributed by atoms with van der Waals surface area (Å²) < 4.78 is 1.15. The predicted molar refractivity (Wildman–Crippen MR) is 86.7 cm³/mol. The molecule has 19 heavy (non-hydrogen) atoms. The van der Waals surface area contributed by atoms with E-state index >= 15 is 0 Å². The van der Waals surface area contributed by atoms with Gasteiger partial charge in [0.25, 0.3) is 0 Å². The van der Waals surface area contributed by atoms with Gasteiger partial charge in [-0.05, 0) is 42.4 Å². The highest BCUT2D eigenvalue weighted by Gasteiger charge is 2.30. The van der Waals surface area contributed by atoms with Crippen LogP contribution in [0.2, 0.25) is 0 Å². The minimum Gasteiger partial charge on any atom is -0.371 e. The van der Waals surface area contributed by atoms with Gasteiger partial charge < -0.3 is 10.6 Å². The first kappa shape index (κ1) is 14.9. The third-order valence-electron chi connectivity index (χ3n) is 4.07. The van der Waals surface area contributed by atoms with Crippen LogP contribution in [0.3, 0.4) is 0 Å². The quantitative estimate of drug-likeness (QED) is 0.908. The monoisotopic (exact) mass is 324 g/mol. The predicted octanol–water partition coefficient (Wildman–Crippen LogP) is 3.97. The summed E-state index contributed by atoms with van der Waals surface area (Å²) >= 11 is 3.60.